The highest BCUT2D eigenvalue weighted by atomic mass is 35.5. The van der Waals surface area contributed by atoms with Crippen LogP contribution in [0.5, 0.6) is 0 Å². The Morgan fingerprint density at radius 3 is 2.75 bits per heavy atom. The number of nitrogens with zero attached hydrogens (tertiary/aromatic N) is 1. The lowest BCUT2D eigenvalue weighted by Crippen LogP contribution is -2.54. The number of piperidine rings is 2. The minimum atomic E-state index is -0.640. The summed E-state index contributed by atoms with van der Waals surface area (Å²) in [7, 11) is 0. The number of hydrogen-bond acceptors (Lipinski definition) is 2. The maximum absolute atomic E-state index is 12.1. The van der Waals surface area contributed by atoms with Crippen LogP contribution in [0.1, 0.15) is 37.2 Å². The molecule has 108 valence electrons. The van der Waals surface area contributed by atoms with Gasteiger partial charge in [-0.3, -0.25) is 4.79 Å². The van der Waals surface area contributed by atoms with Crippen molar-refractivity contribution in [2.75, 3.05) is 6.54 Å². The van der Waals surface area contributed by atoms with Gasteiger partial charge in [0.1, 0.15) is 0 Å². The molecule has 2 fully saturated rings. The van der Waals surface area contributed by atoms with Crippen LogP contribution in [0.25, 0.3) is 0 Å². The fraction of sp³-hybridized carbons (Fsp3) is 0.533. The molecule has 1 N–H and O–H groups in total. The van der Waals surface area contributed by atoms with Gasteiger partial charge in [0.15, 0.2) is 0 Å². The van der Waals surface area contributed by atoms with Crippen LogP contribution in [0.2, 0.25) is 10.0 Å². The molecule has 1 aromatic carbocycles. The molecule has 0 aromatic heterocycles. The highest BCUT2D eigenvalue weighted by Gasteiger charge is 2.43. The largest absolute Gasteiger partial charge is 0.392 e. The fourth-order valence-electron chi connectivity index (χ4n) is 3.48. The third kappa shape index (κ3) is 2.43. The van der Waals surface area contributed by atoms with Gasteiger partial charge < -0.3 is 10.0 Å². The number of hydrogen-bond donors (Lipinski definition) is 1. The third-order valence-electron chi connectivity index (χ3n) is 4.41. The molecule has 5 heteroatoms. The molecule has 3 atom stereocenters. The van der Waals surface area contributed by atoms with Crippen molar-refractivity contribution >= 4 is 29.1 Å². The molecule has 2 saturated heterocycles. The number of amides is 1. The van der Waals surface area contributed by atoms with Gasteiger partial charge in [-0.1, -0.05) is 29.3 Å². The van der Waals surface area contributed by atoms with E-state index in [1.54, 1.807) is 6.07 Å². The fourth-order valence-corrected chi connectivity index (χ4v) is 3.79. The number of fused-ring (bicyclic) bond motifs is 1. The van der Waals surface area contributed by atoms with Crippen molar-refractivity contribution in [1.29, 1.82) is 0 Å². The molecule has 0 aliphatic carbocycles. The standard InChI is InChI=1S/C15H17Cl2NO2/c16-10-5-4-9(7-11(10)17)15-12-3-1-2-6-18(12)14(20)8-13(15)19/h4-5,7,12-13,15,19H,1-3,6,8H2/t12-,13-,15-/m1/s1. The van der Waals surface area contributed by atoms with E-state index in [1.165, 1.54) is 0 Å². The highest BCUT2D eigenvalue weighted by Crippen LogP contribution is 2.39. The first-order valence-corrected chi connectivity index (χ1v) is 7.76. The number of aliphatic hydroxyl groups excluding tert-OH is 1. The second-order valence-electron chi connectivity index (χ2n) is 5.62. The monoisotopic (exact) mass is 313 g/mol. The summed E-state index contributed by atoms with van der Waals surface area (Å²) in [6.07, 6.45) is 2.64. The Morgan fingerprint density at radius 2 is 2.00 bits per heavy atom. The van der Waals surface area contributed by atoms with Crippen molar-refractivity contribution in [3.8, 4) is 0 Å². The van der Waals surface area contributed by atoms with Crippen molar-refractivity contribution in [1.82, 2.24) is 4.90 Å². The van der Waals surface area contributed by atoms with Crippen LogP contribution in [0.15, 0.2) is 18.2 Å². The molecule has 2 aliphatic heterocycles. The Balaban J connectivity index is 1.96. The number of carbonyl (C=O) groups excluding carboxylic acids is 1. The van der Waals surface area contributed by atoms with E-state index in [1.807, 2.05) is 17.0 Å². The first-order valence-electron chi connectivity index (χ1n) is 7.00. The molecule has 1 aromatic rings. The lowest BCUT2D eigenvalue weighted by Gasteiger charge is -2.46. The van der Waals surface area contributed by atoms with Gasteiger partial charge in [-0.25, -0.2) is 0 Å². The summed E-state index contributed by atoms with van der Waals surface area (Å²) in [4.78, 5) is 14.0. The van der Waals surface area contributed by atoms with Crippen molar-refractivity contribution < 1.29 is 9.90 Å². The zero-order valence-electron chi connectivity index (χ0n) is 11.1. The zero-order chi connectivity index (χ0) is 14.3. The number of benzene rings is 1. The SMILES string of the molecule is O=C1C[C@@H](O)[C@H](c2ccc(Cl)c(Cl)c2)[C@H]2CCCCN12. The Labute approximate surface area is 128 Å². The van der Waals surface area contributed by atoms with Crippen LogP contribution >= 0.6 is 23.2 Å². The molecule has 0 unspecified atom stereocenters. The third-order valence-corrected chi connectivity index (χ3v) is 5.15. The second-order valence-corrected chi connectivity index (χ2v) is 6.44. The zero-order valence-corrected chi connectivity index (χ0v) is 12.6. The van der Waals surface area contributed by atoms with Crippen molar-refractivity contribution in [2.24, 2.45) is 0 Å². The van der Waals surface area contributed by atoms with Gasteiger partial charge in [0.2, 0.25) is 5.91 Å². The van der Waals surface area contributed by atoms with Crippen molar-refractivity contribution in [3.05, 3.63) is 33.8 Å². The van der Waals surface area contributed by atoms with Gasteiger partial charge in [0.25, 0.3) is 0 Å². The molecule has 0 spiro atoms. The predicted octanol–water partition coefficient (Wildman–Crippen LogP) is 3.22. The first-order chi connectivity index (χ1) is 9.58. The quantitative estimate of drug-likeness (QED) is 0.864. The maximum atomic E-state index is 12.1. The highest BCUT2D eigenvalue weighted by molar-refractivity contribution is 6.42. The molecule has 2 aliphatic rings. The summed E-state index contributed by atoms with van der Waals surface area (Å²) in [6.45, 7) is 0.800. The predicted molar refractivity (Wildman–Crippen MR) is 79.2 cm³/mol. The normalized spacial score (nSPS) is 30.2. The van der Waals surface area contributed by atoms with E-state index in [2.05, 4.69) is 0 Å². The van der Waals surface area contributed by atoms with Gasteiger partial charge in [0.05, 0.1) is 22.6 Å². The molecular formula is C15H17Cl2NO2. The Kier molecular flexibility index (Phi) is 3.93. The summed E-state index contributed by atoms with van der Waals surface area (Å²) < 4.78 is 0. The van der Waals surface area contributed by atoms with Gasteiger partial charge in [-0.15, -0.1) is 0 Å². The van der Waals surface area contributed by atoms with Crippen LogP contribution in [0.4, 0.5) is 0 Å². The molecule has 0 saturated carbocycles. The van der Waals surface area contributed by atoms with E-state index in [0.29, 0.717) is 10.0 Å². The molecule has 0 bridgehead atoms. The van der Waals surface area contributed by atoms with Gasteiger partial charge >= 0.3 is 0 Å². The van der Waals surface area contributed by atoms with E-state index in [-0.39, 0.29) is 24.3 Å². The number of rotatable bonds is 1. The lowest BCUT2D eigenvalue weighted by molar-refractivity contribution is -0.144. The van der Waals surface area contributed by atoms with E-state index >= 15 is 0 Å². The van der Waals surface area contributed by atoms with E-state index in [4.69, 9.17) is 23.2 Å². The van der Waals surface area contributed by atoms with Crippen LogP contribution in [-0.4, -0.2) is 34.6 Å². The summed E-state index contributed by atoms with van der Waals surface area (Å²) in [6, 6.07) is 5.57. The van der Waals surface area contributed by atoms with Crippen molar-refractivity contribution in [2.45, 2.75) is 43.7 Å². The van der Waals surface area contributed by atoms with Gasteiger partial charge in [-0.2, -0.15) is 0 Å². The molecule has 1 amide bonds. The summed E-state index contributed by atoms with van der Waals surface area (Å²) >= 11 is 12.0. The molecule has 3 nitrogen and oxygen atoms in total. The lowest BCUT2D eigenvalue weighted by atomic mass is 9.77. The van der Waals surface area contributed by atoms with E-state index < -0.39 is 6.10 Å². The number of aliphatic hydroxyl groups is 1. The molecule has 0 radical (unpaired) electrons. The minimum absolute atomic E-state index is 0.0669. The van der Waals surface area contributed by atoms with Gasteiger partial charge in [0, 0.05) is 18.5 Å². The van der Waals surface area contributed by atoms with Crippen molar-refractivity contribution in [3.63, 3.8) is 0 Å². The maximum Gasteiger partial charge on any atom is 0.225 e. The smallest absolute Gasteiger partial charge is 0.225 e. The average Bonchev–Trinajstić information content (AvgIpc) is 2.43. The van der Waals surface area contributed by atoms with Crippen LogP contribution in [-0.2, 0) is 4.79 Å². The van der Waals surface area contributed by atoms with Crippen LogP contribution in [0.3, 0.4) is 0 Å². The second kappa shape index (κ2) is 5.55. The molecule has 2 heterocycles. The molecular weight excluding hydrogens is 297 g/mol. The van der Waals surface area contributed by atoms with E-state index in [0.717, 1.165) is 31.4 Å². The summed E-state index contributed by atoms with van der Waals surface area (Å²) in [5, 5.41) is 11.4. The minimum Gasteiger partial charge on any atom is -0.392 e. The van der Waals surface area contributed by atoms with Gasteiger partial charge in [-0.05, 0) is 37.0 Å². The summed E-state index contributed by atoms with van der Waals surface area (Å²) in [5.74, 6) is 0.00118. The Bertz CT molecular complexity index is 535. The first kappa shape index (κ1) is 14.2. The number of carbonyl (C=O) groups is 1. The van der Waals surface area contributed by atoms with E-state index in [9.17, 15) is 9.90 Å². The topological polar surface area (TPSA) is 40.5 Å². The number of halogens is 2. The summed E-state index contributed by atoms with van der Waals surface area (Å²) in [5.41, 5.74) is 0.969. The molecule has 3 rings (SSSR count). The Morgan fingerprint density at radius 1 is 1.20 bits per heavy atom. The van der Waals surface area contributed by atoms with Crippen LogP contribution < -0.4 is 0 Å². The average molecular weight is 314 g/mol. The van der Waals surface area contributed by atoms with Crippen LogP contribution in [0, 0.1) is 0 Å². The molecule has 20 heavy (non-hydrogen) atoms. The Hall–Kier alpha value is -0.770.